The van der Waals surface area contributed by atoms with Crippen LogP contribution in [0.5, 0.6) is 0 Å². The maximum Gasteiger partial charge on any atom is 0.243 e. The first kappa shape index (κ1) is 17.8. The van der Waals surface area contributed by atoms with Crippen molar-refractivity contribution in [2.45, 2.75) is 6.92 Å². The minimum Gasteiger partial charge on any atom is -0.396 e. The molecule has 2 amide bonds. The number of carbonyl (C=O) groups is 2. The Kier molecular flexibility index (Phi) is 9.06. The van der Waals surface area contributed by atoms with Gasteiger partial charge in [-0.2, -0.15) is 0 Å². The lowest BCUT2D eigenvalue weighted by atomic mass is 10.1. The van der Waals surface area contributed by atoms with E-state index in [-0.39, 0.29) is 26.4 Å². The number of hydrogen-bond donors (Lipinski definition) is 4. The molecule has 8 nitrogen and oxygen atoms in total. The minimum atomic E-state index is -0.784. The summed E-state index contributed by atoms with van der Waals surface area (Å²) in [4.78, 5) is 27.8. The molecule has 0 aliphatic rings. The Labute approximate surface area is 111 Å². The summed E-state index contributed by atoms with van der Waals surface area (Å²) in [5, 5.41) is 30.3. The van der Waals surface area contributed by atoms with Gasteiger partial charge in [0.15, 0.2) is 0 Å². The average molecular weight is 278 g/mol. The van der Waals surface area contributed by atoms with Gasteiger partial charge in [0.1, 0.15) is 0 Å². The normalized spacial score (nSPS) is 12.3. The van der Waals surface area contributed by atoms with Crippen LogP contribution in [0, 0.1) is 11.8 Å². The average Bonchev–Trinajstić information content (AvgIpc) is 2.41. The van der Waals surface area contributed by atoms with Crippen LogP contribution in [0.1, 0.15) is 6.92 Å². The van der Waals surface area contributed by atoms with Crippen molar-refractivity contribution >= 4 is 11.8 Å². The molecule has 4 N–H and O–H groups in total. The topological polar surface area (TPSA) is 119 Å². The van der Waals surface area contributed by atoms with Gasteiger partial charge in [0, 0.05) is 33.1 Å². The van der Waals surface area contributed by atoms with E-state index in [1.54, 1.807) is 0 Å². The summed E-state index contributed by atoms with van der Waals surface area (Å²) in [6.07, 6.45) is 0. The van der Waals surface area contributed by atoms with Gasteiger partial charge in [0.25, 0.3) is 0 Å². The molecule has 0 saturated carbocycles. The monoisotopic (exact) mass is 278 g/mol. The highest BCUT2D eigenvalue weighted by molar-refractivity contribution is 5.78. The van der Waals surface area contributed by atoms with Gasteiger partial charge in [0.05, 0.1) is 25.7 Å². The molecule has 0 aliphatic carbocycles. The lowest BCUT2D eigenvalue weighted by Gasteiger charge is -2.25. The highest BCUT2D eigenvalue weighted by Crippen LogP contribution is 2.04. The molecule has 0 rings (SSSR count). The van der Waals surface area contributed by atoms with Gasteiger partial charge in [-0.3, -0.25) is 14.4 Å². The van der Waals surface area contributed by atoms with Crippen molar-refractivity contribution in [2.24, 2.45) is 11.8 Å². The number of aliphatic hydroxyl groups excluding tert-OH is 3. The second-order valence-corrected chi connectivity index (χ2v) is 4.10. The Morgan fingerprint density at radius 1 is 1.21 bits per heavy atom. The third-order valence-corrected chi connectivity index (χ3v) is 2.56. The van der Waals surface area contributed by atoms with Gasteiger partial charge in [0.2, 0.25) is 11.8 Å². The predicted molar refractivity (Wildman–Crippen MR) is 65.6 cm³/mol. The Morgan fingerprint density at radius 3 is 2.16 bits per heavy atom. The highest BCUT2D eigenvalue weighted by atomic mass is 16.7. The van der Waals surface area contributed by atoms with E-state index < -0.39 is 30.3 Å². The molecular weight excluding hydrogens is 256 g/mol. The fraction of sp³-hybridized carbons (Fsp3) is 0.818. The van der Waals surface area contributed by atoms with E-state index in [9.17, 15) is 9.59 Å². The Balaban J connectivity index is 4.42. The first-order valence-electron chi connectivity index (χ1n) is 5.95. The van der Waals surface area contributed by atoms with E-state index in [1.807, 2.05) is 0 Å². The van der Waals surface area contributed by atoms with Gasteiger partial charge >= 0.3 is 0 Å². The molecule has 0 radical (unpaired) electrons. The molecule has 0 fully saturated rings. The number of nitrogens with one attached hydrogen (secondary N) is 1. The standard InChI is InChI=1S/C11H22N2O6/c1-8(17)13(3-9(4-14)5-15)19-7-10(6-16)11(18)12-2/h9-10,14-16H,3-7H2,1-2H3,(H,12,18). The molecule has 0 aromatic heterocycles. The third-order valence-electron chi connectivity index (χ3n) is 2.56. The van der Waals surface area contributed by atoms with Crippen LogP contribution in [-0.4, -0.2) is 72.2 Å². The minimum absolute atomic E-state index is 0.00816. The van der Waals surface area contributed by atoms with Crippen LogP contribution in [0.4, 0.5) is 0 Å². The van der Waals surface area contributed by atoms with E-state index in [2.05, 4.69) is 5.32 Å². The predicted octanol–water partition coefficient (Wildman–Crippen LogP) is -2.28. The SMILES string of the molecule is CNC(=O)C(CO)CON(CC(CO)CO)C(C)=O. The molecule has 1 unspecified atom stereocenters. The first-order valence-corrected chi connectivity index (χ1v) is 5.95. The van der Waals surface area contributed by atoms with Gasteiger partial charge < -0.3 is 20.6 Å². The van der Waals surface area contributed by atoms with Crippen LogP contribution in [0.3, 0.4) is 0 Å². The zero-order valence-corrected chi connectivity index (χ0v) is 11.2. The maximum absolute atomic E-state index is 11.3. The van der Waals surface area contributed by atoms with E-state index in [1.165, 1.54) is 14.0 Å². The Hall–Kier alpha value is -1.22. The summed E-state index contributed by atoms with van der Waals surface area (Å²) in [6.45, 7) is 0.118. The van der Waals surface area contributed by atoms with Crippen molar-refractivity contribution in [3.05, 3.63) is 0 Å². The lowest BCUT2D eigenvalue weighted by molar-refractivity contribution is -0.196. The zero-order valence-electron chi connectivity index (χ0n) is 11.2. The van der Waals surface area contributed by atoms with Gasteiger partial charge in [-0.15, -0.1) is 0 Å². The van der Waals surface area contributed by atoms with Gasteiger partial charge in [-0.25, -0.2) is 5.06 Å². The summed E-state index contributed by atoms with van der Waals surface area (Å²) in [5.41, 5.74) is 0. The molecule has 0 aromatic rings. The molecule has 0 saturated heterocycles. The first-order chi connectivity index (χ1) is 8.99. The summed E-state index contributed by atoms with van der Waals surface area (Å²) in [7, 11) is 1.43. The van der Waals surface area contributed by atoms with Crippen LogP contribution >= 0.6 is 0 Å². The van der Waals surface area contributed by atoms with E-state index in [0.717, 1.165) is 5.06 Å². The zero-order chi connectivity index (χ0) is 14.8. The second-order valence-electron chi connectivity index (χ2n) is 4.10. The van der Waals surface area contributed by atoms with Crippen LogP contribution in [0.15, 0.2) is 0 Å². The fourth-order valence-electron chi connectivity index (χ4n) is 1.28. The molecule has 1 atom stereocenters. The van der Waals surface area contributed by atoms with Crippen LogP contribution < -0.4 is 5.32 Å². The number of hydroxylamine groups is 2. The molecule has 0 aliphatic heterocycles. The van der Waals surface area contributed by atoms with Crippen molar-refractivity contribution in [1.29, 1.82) is 0 Å². The number of aliphatic hydroxyl groups is 3. The third kappa shape index (κ3) is 6.48. The number of hydrogen-bond acceptors (Lipinski definition) is 6. The Bertz CT molecular complexity index is 282. The molecule has 19 heavy (non-hydrogen) atoms. The highest BCUT2D eigenvalue weighted by Gasteiger charge is 2.21. The molecular formula is C11H22N2O6. The van der Waals surface area contributed by atoms with Crippen molar-refractivity contribution in [2.75, 3.05) is 40.0 Å². The van der Waals surface area contributed by atoms with E-state index in [0.29, 0.717) is 0 Å². The molecule has 8 heteroatoms. The molecule has 0 aromatic carbocycles. The van der Waals surface area contributed by atoms with E-state index in [4.69, 9.17) is 20.2 Å². The number of amides is 2. The summed E-state index contributed by atoms with van der Waals surface area (Å²) in [5.74, 6) is -2.11. The smallest absolute Gasteiger partial charge is 0.243 e. The Morgan fingerprint density at radius 2 is 1.79 bits per heavy atom. The molecule has 0 spiro atoms. The molecule has 0 bridgehead atoms. The van der Waals surface area contributed by atoms with Crippen molar-refractivity contribution in [1.82, 2.24) is 10.4 Å². The number of nitrogens with zero attached hydrogens (tertiary/aromatic N) is 1. The van der Waals surface area contributed by atoms with Crippen molar-refractivity contribution < 1.29 is 29.7 Å². The molecule has 112 valence electrons. The van der Waals surface area contributed by atoms with Gasteiger partial charge in [-0.05, 0) is 0 Å². The van der Waals surface area contributed by atoms with Crippen LogP contribution in [0.2, 0.25) is 0 Å². The quantitative estimate of drug-likeness (QED) is 0.353. The fourth-order valence-corrected chi connectivity index (χ4v) is 1.28. The van der Waals surface area contributed by atoms with Crippen LogP contribution in [-0.2, 0) is 14.4 Å². The largest absolute Gasteiger partial charge is 0.396 e. The van der Waals surface area contributed by atoms with Gasteiger partial charge in [-0.1, -0.05) is 0 Å². The van der Waals surface area contributed by atoms with E-state index >= 15 is 0 Å². The second kappa shape index (κ2) is 9.68. The van der Waals surface area contributed by atoms with Crippen LogP contribution in [0.25, 0.3) is 0 Å². The lowest BCUT2D eigenvalue weighted by Crippen LogP contribution is -2.40. The summed E-state index contributed by atoms with van der Waals surface area (Å²) < 4.78 is 0. The van der Waals surface area contributed by atoms with Crippen molar-refractivity contribution in [3.63, 3.8) is 0 Å². The van der Waals surface area contributed by atoms with Crippen molar-refractivity contribution in [3.8, 4) is 0 Å². The summed E-state index contributed by atoms with van der Waals surface area (Å²) >= 11 is 0. The summed E-state index contributed by atoms with van der Waals surface area (Å²) in [6, 6.07) is 0. The number of carbonyl (C=O) groups excluding carboxylic acids is 2. The maximum atomic E-state index is 11.3. The molecule has 0 heterocycles. The number of rotatable bonds is 9.